The van der Waals surface area contributed by atoms with Crippen molar-refractivity contribution in [2.24, 2.45) is 11.8 Å². The molecule has 3 heteroatoms. The highest BCUT2D eigenvalue weighted by molar-refractivity contribution is 5.25. The van der Waals surface area contributed by atoms with Gasteiger partial charge in [0.05, 0.1) is 13.2 Å². The van der Waals surface area contributed by atoms with Crippen LogP contribution >= 0.6 is 0 Å². The number of phenolic OH excluding ortho intramolecular Hbond substituents is 1. The van der Waals surface area contributed by atoms with Gasteiger partial charge in [0.2, 0.25) is 0 Å². The largest absolute Gasteiger partial charge is 0.508 e. The summed E-state index contributed by atoms with van der Waals surface area (Å²) in [6, 6.07) is 7.91. The van der Waals surface area contributed by atoms with Crippen molar-refractivity contribution in [3.8, 4) is 5.75 Å². The molecule has 17 heavy (non-hydrogen) atoms. The summed E-state index contributed by atoms with van der Waals surface area (Å²) in [7, 11) is 0. The highest BCUT2D eigenvalue weighted by atomic mass is 16.5. The summed E-state index contributed by atoms with van der Waals surface area (Å²) in [5, 5.41) is 12.8. The summed E-state index contributed by atoms with van der Waals surface area (Å²) in [6.07, 6.45) is 2.76. The minimum absolute atomic E-state index is 0.328. The molecule has 1 heterocycles. The van der Waals surface area contributed by atoms with Crippen LogP contribution in [0.25, 0.3) is 0 Å². The second-order valence-corrected chi connectivity index (χ2v) is 5.19. The summed E-state index contributed by atoms with van der Waals surface area (Å²) < 4.78 is 5.58. The van der Waals surface area contributed by atoms with Crippen LogP contribution in [0.4, 0.5) is 0 Å². The lowest BCUT2D eigenvalue weighted by molar-refractivity contribution is 0.180. The number of hydrogen-bond acceptors (Lipinski definition) is 3. The molecule has 2 atom stereocenters. The average Bonchev–Trinajstić information content (AvgIpc) is 3.08. The van der Waals surface area contributed by atoms with Crippen LogP contribution in [-0.4, -0.2) is 24.4 Å². The number of aromatic hydroxyl groups is 1. The molecule has 2 aliphatic rings. The molecule has 1 aliphatic carbocycles. The van der Waals surface area contributed by atoms with Gasteiger partial charge in [0.25, 0.3) is 0 Å². The highest BCUT2D eigenvalue weighted by Crippen LogP contribution is 2.40. The highest BCUT2D eigenvalue weighted by Gasteiger charge is 2.39. The van der Waals surface area contributed by atoms with Gasteiger partial charge in [-0.1, -0.05) is 12.1 Å². The van der Waals surface area contributed by atoms with E-state index in [0.717, 1.165) is 25.7 Å². The molecule has 3 nitrogen and oxygen atoms in total. The number of nitrogens with one attached hydrogen (secondary N) is 1. The third-order valence-corrected chi connectivity index (χ3v) is 3.86. The molecule has 0 aromatic heterocycles. The van der Waals surface area contributed by atoms with E-state index in [1.807, 2.05) is 12.1 Å². The van der Waals surface area contributed by atoms with E-state index in [9.17, 15) is 5.11 Å². The predicted molar refractivity (Wildman–Crippen MR) is 65.8 cm³/mol. The number of ether oxygens (including phenoxy) is 1. The van der Waals surface area contributed by atoms with Gasteiger partial charge in [-0.15, -0.1) is 0 Å². The van der Waals surface area contributed by atoms with Crippen molar-refractivity contribution in [2.75, 3.05) is 13.2 Å². The Morgan fingerprint density at radius 2 is 1.94 bits per heavy atom. The van der Waals surface area contributed by atoms with Crippen LogP contribution in [0.3, 0.4) is 0 Å². The molecule has 1 aliphatic heterocycles. The van der Waals surface area contributed by atoms with Crippen LogP contribution in [-0.2, 0) is 11.3 Å². The second-order valence-electron chi connectivity index (χ2n) is 5.19. The Labute approximate surface area is 102 Å². The lowest BCUT2D eigenvalue weighted by Gasteiger charge is -2.18. The molecule has 0 amide bonds. The molecule has 1 aromatic rings. The van der Waals surface area contributed by atoms with Gasteiger partial charge >= 0.3 is 0 Å². The SMILES string of the molecule is Oc1ccc(CNC2COCC2C2CC2)cc1. The van der Waals surface area contributed by atoms with Gasteiger partial charge in [-0.2, -0.15) is 0 Å². The van der Waals surface area contributed by atoms with Gasteiger partial charge in [0, 0.05) is 18.5 Å². The van der Waals surface area contributed by atoms with E-state index in [4.69, 9.17) is 4.74 Å². The molecule has 0 radical (unpaired) electrons. The number of benzene rings is 1. The number of phenols is 1. The number of hydrogen-bond donors (Lipinski definition) is 2. The van der Waals surface area contributed by atoms with Crippen molar-refractivity contribution in [3.05, 3.63) is 29.8 Å². The Morgan fingerprint density at radius 1 is 1.18 bits per heavy atom. The van der Waals surface area contributed by atoms with Crippen LogP contribution < -0.4 is 5.32 Å². The van der Waals surface area contributed by atoms with E-state index in [-0.39, 0.29) is 0 Å². The zero-order valence-electron chi connectivity index (χ0n) is 9.93. The van der Waals surface area contributed by atoms with E-state index in [1.165, 1.54) is 18.4 Å². The average molecular weight is 233 g/mol. The Kier molecular flexibility index (Phi) is 3.04. The van der Waals surface area contributed by atoms with E-state index in [0.29, 0.717) is 17.7 Å². The van der Waals surface area contributed by atoms with E-state index in [2.05, 4.69) is 5.32 Å². The first-order valence-corrected chi connectivity index (χ1v) is 6.42. The standard InChI is InChI=1S/C14H19NO2/c16-12-5-1-10(2-6-12)7-15-14-9-17-8-13(14)11-3-4-11/h1-2,5-6,11,13-16H,3-4,7-9H2. The molecule has 3 rings (SSSR count). The molecule has 1 aromatic carbocycles. The lowest BCUT2D eigenvalue weighted by atomic mass is 9.98. The molecule has 0 bridgehead atoms. The summed E-state index contributed by atoms with van der Waals surface area (Å²) in [5.74, 6) is 1.94. The number of rotatable bonds is 4. The maximum absolute atomic E-state index is 9.22. The van der Waals surface area contributed by atoms with Crippen molar-refractivity contribution >= 4 is 0 Å². The van der Waals surface area contributed by atoms with Gasteiger partial charge in [0.15, 0.2) is 0 Å². The smallest absolute Gasteiger partial charge is 0.115 e. The van der Waals surface area contributed by atoms with Crippen LogP contribution in [0.2, 0.25) is 0 Å². The zero-order chi connectivity index (χ0) is 11.7. The Hall–Kier alpha value is -1.06. The molecule has 2 fully saturated rings. The lowest BCUT2D eigenvalue weighted by Crippen LogP contribution is -2.35. The molecule has 0 spiro atoms. The second kappa shape index (κ2) is 4.67. The fourth-order valence-electron chi connectivity index (χ4n) is 2.63. The van der Waals surface area contributed by atoms with Gasteiger partial charge in [-0.25, -0.2) is 0 Å². The topological polar surface area (TPSA) is 41.5 Å². The molecule has 1 saturated carbocycles. The van der Waals surface area contributed by atoms with E-state index in [1.54, 1.807) is 12.1 Å². The van der Waals surface area contributed by atoms with Crippen molar-refractivity contribution < 1.29 is 9.84 Å². The minimum Gasteiger partial charge on any atom is -0.508 e. The van der Waals surface area contributed by atoms with Crippen LogP contribution in [0.15, 0.2) is 24.3 Å². The van der Waals surface area contributed by atoms with Gasteiger partial charge in [-0.3, -0.25) is 0 Å². The van der Waals surface area contributed by atoms with Crippen molar-refractivity contribution in [1.82, 2.24) is 5.32 Å². The first-order valence-electron chi connectivity index (χ1n) is 6.42. The van der Waals surface area contributed by atoms with Crippen LogP contribution in [0.1, 0.15) is 18.4 Å². The molecule has 2 N–H and O–H groups in total. The Balaban J connectivity index is 1.54. The monoisotopic (exact) mass is 233 g/mol. The summed E-state index contributed by atoms with van der Waals surface area (Å²) in [5.41, 5.74) is 1.21. The first-order chi connectivity index (χ1) is 8.33. The fourth-order valence-corrected chi connectivity index (χ4v) is 2.63. The quantitative estimate of drug-likeness (QED) is 0.834. The molecular formula is C14H19NO2. The van der Waals surface area contributed by atoms with E-state index < -0.39 is 0 Å². The third-order valence-electron chi connectivity index (χ3n) is 3.86. The normalized spacial score (nSPS) is 28.5. The van der Waals surface area contributed by atoms with Gasteiger partial charge < -0.3 is 15.2 Å². The third kappa shape index (κ3) is 2.61. The fraction of sp³-hybridized carbons (Fsp3) is 0.571. The van der Waals surface area contributed by atoms with E-state index >= 15 is 0 Å². The molecule has 1 saturated heterocycles. The molecule has 92 valence electrons. The zero-order valence-corrected chi connectivity index (χ0v) is 9.93. The summed E-state index contributed by atoms with van der Waals surface area (Å²) >= 11 is 0. The molecular weight excluding hydrogens is 214 g/mol. The Bertz CT molecular complexity index is 372. The van der Waals surface area contributed by atoms with Crippen LogP contribution in [0, 0.1) is 11.8 Å². The van der Waals surface area contributed by atoms with Crippen molar-refractivity contribution in [1.29, 1.82) is 0 Å². The Morgan fingerprint density at radius 3 is 2.65 bits per heavy atom. The van der Waals surface area contributed by atoms with Crippen LogP contribution in [0.5, 0.6) is 5.75 Å². The minimum atomic E-state index is 0.328. The first kappa shape index (κ1) is 11.1. The predicted octanol–water partition coefficient (Wildman–Crippen LogP) is 1.91. The van der Waals surface area contributed by atoms with Gasteiger partial charge in [-0.05, 0) is 36.5 Å². The molecule has 2 unspecified atom stereocenters. The van der Waals surface area contributed by atoms with Crippen molar-refractivity contribution in [3.63, 3.8) is 0 Å². The maximum Gasteiger partial charge on any atom is 0.115 e. The summed E-state index contributed by atoms with van der Waals surface area (Å²) in [4.78, 5) is 0. The maximum atomic E-state index is 9.22. The van der Waals surface area contributed by atoms with Crippen molar-refractivity contribution in [2.45, 2.75) is 25.4 Å². The van der Waals surface area contributed by atoms with Gasteiger partial charge in [0.1, 0.15) is 5.75 Å². The summed E-state index contributed by atoms with van der Waals surface area (Å²) in [6.45, 7) is 2.63.